The normalized spacial score (nSPS) is 12.7. The van der Waals surface area contributed by atoms with Crippen LogP contribution in [0, 0.1) is 11.3 Å². The van der Waals surface area contributed by atoms with Gasteiger partial charge in [0.25, 0.3) is 0 Å². The van der Waals surface area contributed by atoms with E-state index in [0.29, 0.717) is 5.56 Å². The van der Waals surface area contributed by atoms with Crippen LogP contribution < -0.4 is 4.90 Å². The van der Waals surface area contributed by atoms with Crippen molar-refractivity contribution in [3.8, 4) is 50.6 Å². The van der Waals surface area contributed by atoms with Crippen molar-refractivity contribution in [1.29, 1.82) is 5.26 Å². The molecule has 0 unspecified atom stereocenters. The summed E-state index contributed by atoms with van der Waals surface area (Å²) in [5.41, 5.74) is 17.7. The molecule has 10 rings (SSSR count). The van der Waals surface area contributed by atoms with Gasteiger partial charge in [0.05, 0.1) is 11.6 Å². The summed E-state index contributed by atoms with van der Waals surface area (Å²) in [4.78, 5) is 2.29. The molecule has 55 heavy (non-hydrogen) atoms. The van der Waals surface area contributed by atoms with Gasteiger partial charge in [-0.1, -0.05) is 123 Å². The zero-order chi connectivity index (χ0) is 37.1. The molecule has 0 atom stereocenters. The van der Waals surface area contributed by atoms with Gasteiger partial charge in [-0.15, -0.1) is 0 Å². The number of benzene rings is 8. The van der Waals surface area contributed by atoms with Crippen LogP contribution >= 0.6 is 0 Å². The lowest BCUT2D eigenvalue weighted by Gasteiger charge is -2.28. The van der Waals surface area contributed by atoms with Gasteiger partial charge in [0.2, 0.25) is 0 Å². The molecule has 0 saturated carbocycles. The highest BCUT2D eigenvalue weighted by molar-refractivity contribution is 6.06. The standard InChI is InChI=1S/C52H36N2O/c1-52(2)48-31-40(35-8-4-3-5-9-35)20-27-44(48)45-28-26-43(32-49(45)52)54(41-22-12-34(33-53)13-23-41)42-24-18-37(19-25-42)36-14-16-38(17-15-36)39-21-29-51-47(30-39)46-10-6-7-11-50(46)55-51/h3-32H,1-2H3. The van der Waals surface area contributed by atoms with Gasteiger partial charge in [-0.25, -0.2) is 0 Å². The third-order valence-corrected chi connectivity index (χ3v) is 11.3. The third kappa shape index (κ3) is 5.50. The summed E-state index contributed by atoms with van der Waals surface area (Å²) < 4.78 is 6.06. The molecule has 1 aliphatic carbocycles. The van der Waals surface area contributed by atoms with Crippen molar-refractivity contribution in [2.24, 2.45) is 0 Å². The lowest BCUT2D eigenvalue weighted by molar-refractivity contribution is 0.660. The van der Waals surface area contributed by atoms with E-state index in [1.165, 1.54) is 33.4 Å². The number of hydrogen-bond acceptors (Lipinski definition) is 3. The first kappa shape index (κ1) is 32.5. The molecule has 3 nitrogen and oxygen atoms in total. The topological polar surface area (TPSA) is 40.2 Å². The fourth-order valence-corrected chi connectivity index (χ4v) is 8.37. The molecule has 0 bridgehead atoms. The van der Waals surface area contributed by atoms with Gasteiger partial charge in [0.15, 0.2) is 0 Å². The smallest absolute Gasteiger partial charge is 0.135 e. The SMILES string of the molecule is CC1(C)c2cc(-c3ccccc3)ccc2-c2ccc(N(c3ccc(C#N)cc3)c3ccc(-c4ccc(-c5ccc6oc7ccccc7c6c5)cc4)cc3)cc21. The minimum Gasteiger partial charge on any atom is -0.456 e. The molecule has 0 fully saturated rings. The molecule has 9 aromatic rings. The van der Waals surface area contributed by atoms with Gasteiger partial charge in [0.1, 0.15) is 11.2 Å². The second kappa shape index (κ2) is 12.8. The molecule has 1 aromatic heterocycles. The minimum atomic E-state index is -0.185. The van der Waals surface area contributed by atoms with Crippen LogP contribution in [0.3, 0.4) is 0 Å². The third-order valence-electron chi connectivity index (χ3n) is 11.3. The van der Waals surface area contributed by atoms with E-state index in [1.807, 2.05) is 36.4 Å². The molecule has 1 heterocycles. The maximum atomic E-state index is 9.57. The highest BCUT2D eigenvalue weighted by atomic mass is 16.3. The average molecular weight is 705 g/mol. The quantitative estimate of drug-likeness (QED) is 0.173. The summed E-state index contributed by atoms with van der Waals surface area (Å²) in [6.07, 6.45) is 0. The summed E-state index contributed by atoms with van der Waals surface area (Å²) in [5, 5.41) is 11.8. The highest BCUT2D eigenvalue weighted by Crippen LogP contribution is 2.51. The largest absolute Gasteiger partial charge is 0.456 e. The molecule has 0 amide bonds. The lowest BCUT2D eigenvalue weighted by atomic mass is 9.81. The highest BCUT2D eigenvalue weighted by Gasteiger charge is 2.36. The fraction of sp³-hybridized carbons (Fsp3) is 0.0577. The van der Waals surface area contributed by atoms with Crippen LogP contribution in [0.15, 0.2) is 186 Å². The van der Waals surface area contributed by atoms with Crippen LogP contribution in [0.4, 0.5) is 17.1 Å². The molecule has 0 aliphatic heterocycles. The summed E-state index contributed by atoms with van der Waals surface area (Å²) in [6.45, 7) is 4.67. The lowest BCUT2D eigenvalue weighted by Crippen LogP contribution is -2.16. The van der Waals surface area contributed by atoms with Gasteiger partial charge in [-0.05, 0) is 128 Å². The van der Waals surface area contributed by atoms with E-state index in [9.17, 15) is 5.26 Å². The zero-order valence-electron chi connectivity index (χ0n) is 30.6. The molecule has 3 heteroatoms. The number of nitrogens with zero attached hydrogens (tertiary/aromatic N) is 2. The Morgan fingerprint density at radius 1 is 0.436 bits per heavy atom. The van der Waals surface area contributed by atoms with E-state index >= 15 is 0 Å². The summed E-state index contributed by atoms with van der Waals surface area (Å²) in [5.74, 6) is 0. The first-order valence-corrected chi connectivity index (χ1v) is 18.7. The zero-order valence-corrected chi connectivity index (χ0v) is 30.6. The Hall–Kier alpha value is -7.15. The van der Waals surface area contributed by atoms with Crippen LogP contribution in [0.5, 0.6) is 0 Å². The molecule has 0 N–H and O–H groups in total. The molecule has 260 valence electrons. The molecule has 0 saturated heterocycles. The van der Waals surface area contributed by atoms with E-state index in [-0.39, 0.29) is 5.41 Å². The second-order valence-electron chi connectivity index (χ2n) is 14.9. The Morgan fingerprint density at radius 3 is 1.64 bits per heavy atom. The van der Waals surface area contributed by atoms with Gasteiger partial charge in [-0.2, -0.15) is 5.26 Å². The van der Waals surface area contributed by atoms with E-state index in [2.05, 4.69) is 170 Å². The van der Waals surface area contributed by atoms with Crippen LogP contribution in [0.1, 0.15) is 30.5 Å². The van der Waals surface area contributed by atoms with Crippen LogP contribution in [0.25, 0.3) is 66.4 Å². The summed E-state index contributed by atoms with van der Waals surface area (Å²) in [6, 6.07) is 66.7. The van der Waals surface area contributed by atoms with Crippen molar-refractivity contribution in [1.82, 2.24) is 0 Å². The number of furan rings is 1. The van der Waals surface area contributed by atoms with Crippen molar-refractivity contribution in [3.05, 3.63) is 199 Å². The van der Waals surface area contributed by atoms with Crippen molar-refractivity contribution < 1.29 is 4.42 Å². The van der Waals surface area contributed by atoms with Gasteiger partial charge >= 0.3 is 0 Å². The number of anilines is 3. The Balaban J connectivity index is 0.983. The first-order valence-electron chi connectivity index (χ1n) is 18.7. The van der Waals surface area contributed by atoms with E-state index in [1.54, 1.807) is 0 Å². The number of rotatable bonds is 6. The maximum Gasteiger partial charge on any atom is 0.135 e. The number of fused-ring (bicyclic) bond motifs is 6. The van der Waals surface area contributed by atoms with E-state index in [0.717, 1.165) is 61.3 Å². The molecule has 0 spiro atoms. The van der Waals surface area contributed by atoms with Crippen molar-refractivity contribution in [2.45, 2.75) is 19.3 Å². The van der Waals surface area contributed by atoms with Crippen LogP contribution in [-0.4, -0.2) is 0 Å². The molecular formula is C52H36N2O. The predicted octanol–water partition coefficient (Wildman–Crippen LogP) is 14.2. The fourth-order valence-electron chi connectivity index (χ4n) is 8.37. The Labute approximate surface area is 321 Å². The van der Waals surface area contributed by atoms with E-state index in [4.69, 9.17) is 4.42 Å². The van der Waals surface area contributed by atoms with Crippen molar-refractivity contribution in [2.75, 3.05) is 4.90 Å². The average Bonchev–Trinajstić information content (AvgIpc) is 3.72. The molecule has 1 aliphatic rings. The molecule has 8 aromatic carbocycles. The molecular weight excluding hydrogens is 669 g/mol. The number of para-hydroxylation sites is 1. The van der Waals surface area contributed by atoms with Gasteiger partial charge in [-0.3, -0.25) is 0 Å². The van der Waals surface area contributed by atoms with Crippen LogP contribution in [0.2, 0.25) is 0 Å². The Morgan fingerprint density at radius 2 is 0.927 bits per heavy atom. The maximum absolute atomic E-state index is 9.57. The van der Waals surface area contributed by atoms with Crippen molar-refractivity contribution in [3.63, 3.8) is 0 Å². The first-order chi connectivity index (χ1) is 26.9. The van der Waals surface area contributed by atoms with Crippen molar-refractivity contribution >= 4 is 39.0 Å². The summed E-state index contributed by atoms with van der Waals surface area (Å²) >= 11 is 0. The minimum absolute atomic E-state index is 0.185. The van der Waals surface area contributed by atoms with Gasteiger partial charge in [0, 0.05) is 33.2 Å². The monoisotopic (exact) mass is 704 g/mol. The summed E-state index contributed by atoms with van der Waals surface area (Å²) in [7, 11) is 0. The molecule has 0 radical (unpaired) electrons. The number of hydrogen-bond donors (Lipinski definition) is 0. The van der Waals surface area contributed by atoms with E-state index < -0.39 is 0 Å². The second-order valence-corrected chi connectivity index (χ2v) is 14.9. The van der Waals surface area contributed by atoms with Gasteiger partial charge < -0.3 is 9.32 Å². The Bertz CT molecular complexity index is 2930. The van der Waals surface area contributed by atoms with Crippen LogP contribution in [-0.2, 0) is 5.41 Å². The number of nitriles is 1. The Kier molecular flexibility index (Phi) is 7.54. The predicted molar refractivity (Wildman–Crippen MR) is 227 cm³/mol.